The fraction of sp³-hybridized carbons (Fsp3) is 0.364. The first-order valence-electron chi connectivity index (χ1n) is 4.68. The van der Waals surface area contributed by atoms with Crippen molar-refractivity contribution < 1.29 is 4.79 Å². The number of ketones is 1. The number of rotatable bonds is 1. The molecule has 2 nitrogen and oxygen atoms in total. The summed E-state index contributed by atoms with van der Waals surface area (Å²) < 4.78 is 0. The van der Waals surface area contributed by atoms with Crippen LogP contribution in [0.2, 0.25) is 0 Å². The Hall–Kier alpha value is -0.960. The third-order valence-corrected chi connectivity index (χ3v) is 3.93. The molecule has 0 aromatic carbocycles. The second kappa shape index (κ2) is 3.65. The van der Waals surface area contributed by atoms with Crippen LogP contribution < -0.4 is 5.32 Å². The Kier molecular flexibility index (Phi) is 2.50. The fourth-order valence-corrected chi connectivity index (χ4v) is 2.87. The summed E-state index contributed by atoms with van der Waals surface area (Å²) in [4.78, 5) is 12.2. The zero-order chi connectivity index (χ0) is 10.1. The van der Waals surface area contributed by atoms with Crippen LogP contribution in [0.15, 0.2) is 34.9 Å². The predicted octanol–water partition coefficient (Wildman–Crippen LogP) is 2.01. The van der Waals surface area contributed by atoms with Crippen LogP contribution >= 0.6 is 11.8 Å². The van der Waals surface area contributed by atoms with Gasteiger partial charge in [-0.3, -0.25) is 4.79 Å². The molecule has 0 spiro atoms. The van der Waals surface area contributed by atoms with Gasteiger partial charge in [-0.25, -0.2) is 0 Å². The maximum atomic E-state index is 11.3. The Balaban J connectivity index is 2.27. The lowest BCUT2D eigenvalue weighted by Crippen LogP contribution is -2.39. The van der Waals surface area contributed by atoms with Gasteiger partial charge in [0, 0.05) is 5.70 Å². The number of nitrogens with one attached hydrogen (secondary N) is 1. The van der Waals surface area contributed by atoms with Crippen LogP contribution in [0.5, 0.6) is 0 Å². The second-order valence-electron chi connectivity index (χ2n) is 3.53. The number of hydrogen-bond acceptors (Lipinski definition) is 3. The lowest BCUT2D eigenvalue weighted by molar-refractivity contribution is -0.113. The largest absolute Gasteiger partial charge is 0.380 e. The molecular weight excluding hydrogens is 194 g/mol. The van der Waals surface area contributed by atoms with E-state index in [1.807, 2.05) is 19.1 Å². The molecule has 74 valence electrons. The molecular formula is C11H13NOS. The second-order valence-corrected chi connectivity index (χ2v) is 4.72. The minimum absolute atomic E-state index is 0.154. The molecule has 2 atom stereocenters. The molecule has 0 fully saturated rings. The molecule has 0 saturated carbocycles. The van der Waals surface area contributed by atoms with E-state index >= 15 is 0 Å². The van der Waals surface area contributed by atoms with Crippen molar-refractivity contribution in [2.45, 2.75) is 25.1 Å². The highest BCUT2D eigenvalue weighted by Crippen LogP contribution is 2.34. The minimum atomic E-state index is 0.154. The minimum Gasteiger partial charge on any atom is -0.380 e. The molecule has 2 aliphatic rings. The first-order chi connectivity index (χ1) is 6.68. The smallest absolute Gasteiger partial charge is 0.167 e. The molecule has 0 aromatic rings. The lowest BCUT2D eigenvalue weighted by Gasteiger charge is -2.32. The molecule has 0 amide bonds. The third-order valence-electron chi connectivity index (χ3n) is 2.38. The van der Waals surface area contributed by atoms with E-state index < -0.39 is 0 Å². The molecule has 0 radical (unpaired) electrons. The Morgan fingerprint density at radius 2 is 2.14 bits per heavy atom. The molecule has 2 rings (SSSR count). The molecule has 0 aromatic heterocycles. The molecule has 0 unspecified atom stereocenters. The summed E-state index contributed by atoms with van der Waals surface area (Å²) in [5.41, 5.74) is 1.00. The maximum absolute atomic E-state index is 11.3. The molecule has 0 saturated heterocycles. The summed E-state index contributed by atoms with van der Waals surface area (Å²) in [7, 11) is 0. The fourth-order valence-electron chi connectivity index (χ4n) is 1.72. The van der Waals surface area contributed by atoms with Crippen LogP contribution in [-0.2, 0) is 4.79 Å². The molecule has 0 bridgehead atoms. The van der Waals surface area contributed by atoms with E-state index in [0.29, 0.717) is 11.3 Å². The summed E-state index contributed by atoms with van der Waals surface area (Å²) in [6.45, 7) is 3.59. The number of thioether (sulfide) groups is 1. The van der Waals surface area contributed by atoms with Gasteiger partial charge in [0.15, 0.2) is 5.78 Å². The molecule has 1 aliphatic heterocycles. The van der Waals surface area contributed by atoms with Gasteiger partial charge in [-0.2, -0.15) is 0 Å². The first-order valence-corrected chi connectivity index (χ1v) is 5.56. The van der Waals surface area contributed by atoms with E-state index in [9.17, 15) is 4.79 Å². The summed E-state index contributed by atoms with van der Waals surface area (Å²) in [5.74, 6) is 0.154. The van der Waals surface area contributed by atoms with Crippen molar-refractivity contribution in [2.75, 3.05) is 0 Å². The zero-order valence-corrected chi connectivity index (χ0v) is 9.10. The molecule has 1 aliphatic carbocycles. The zero-order valence-electron chi connectivity index (χ0n) is 8.28. The topological polar surface area (TPSA) is 29.1 Å². The van der Waals surface area contributed by atoms with E-state index in [0.717, 1.165) is 10.6 Å². The van der Waals surface area contributed by atoms with Crippen molar-refractivity contribution in [1.82, 2.24) is 5.32 Å². The van der Waals surface area contributed by atoms with Crippen molar-refractivity contribution in [3.05, 3.63) is 34.9 Å². The number of Topliss-reactive ketones (excluding diaryl/α,β-unsaturated/α-hetero) is 1. The van der Waals surface area contributed by atoms with Crippen molar-refractivity contribution in [3.8, 4) is 0 Å². The van der Waals surface area contributed by atoms with Gasteiger partial charge in [-0.15, -0.1) is 11.8 Å². The highest BCUT2D eigenvalue weighted by Gasteiger charge is 2.27. The molecule has 1 heterocycles. The van der Waals surface area contributed by atoms with Gasteiger partial charge in [0.1, 0.15) is 0 Å². The van der Waals surface area contributed by atoms with Gasteiger partial charge in [0.25, 0.3) is 0 Å². The lowest BCUT2D eigenvalue weighted by atomic mass is 10.1. The van der Waals surface area contributed by atoms with Gasteiger partial charge in [-0.05, 0) is 13.8 Å². The van der Waals surface area contributed by atoms with Gasteiger partial charge in [0.2, 0.25) is 0 Å². The number of fused-ring (bicyclic) bond motifs is 1. The van der Waals surface area contributed by atoms with E-state index in [2.05, 4.69) is 17.5 Å². The van der Waals surface area contributed by atoms with Crippen LogP contribution in [-0.4, -0.2) is 17.1 Å². The average molecular weight is 207 g/mol. The van der Waals surface area contributed by atoms with Gasteiger partial charge < -0.3 is 5.32 Å². The van der Waals surface area contributed by atoms with Crippen LogP contribution in [0.25, 0.3) is 0 Å². The van der Waals surface area contributed by atoms with Crippen molar-refractivity contribution in [2.24, 2.45) is 0 Å². The van der Waals surface area contributed by atoms with Crippen LogP contribution in [0.1, 0.15) is 13.8 Å². The summed E-state index contributed by atoms with van der Waals surface area (Å²) in [6, 6.07) is 0.341. The van der Waals surface area contributed by atoms with E-state index in [1.54, 1.807) is 18.7 Å². The normalized spacial score (nSPS) is 29.9. The third kappa shape index (κ3) is 1.64. The quantitative estimate of drug-likeness (QED) is 0.713. The number of allylic oxidation sites excluding steroid dienone is 4. The average Bonchev–Trinajstić information content (AvgIpc) is 2.16. The van der Waals surface area contributed by atoms with E-state index in [4.69, 9.17) is 0 Å². The van der Waals surface area contributed by atoms with E-state index in [-0.39, 0.29) is 5.78 Å². The monoisotopic (exact) mass is 207 g/mol. The van der Waals surface area contributed by atoms with Crippen molar-refractivity contribution >= 4 is 17.5 Å². The standard InChI is InChI=1S/C11H13NOS/c1-7-11(8(2)13)14-10-6-4-3-5-9(10)12-7/h3-6,9-10,12H,1-2H3/t9-,10-/m0/s1. The van der Waals surface area contributed by atoms with Gasteiger partial charge in [-0.1, -0.05) is 24.3 Å². The number of carbonyl (C=O) groups is 1. The van der Waals surface area contributed by atoms with Crippen molar-refractivity contribution in [1.29, 1.82) is 0 Å². The summed E-state index contributed by atoms with van der Waals surface area (Å²) in [5, 5.41) is 3.71. The highest BCUT2D eigenvalue weighted by atomic mass is 32.2. The van der Waals surface area contributed by atoms with Crippen LogP contribution in [0, 0.1) is 0 Å². The van der Waals surface area contributed by atoms with Gasteiger partial charge >= 0.3 is 0 Å². The number of carbonyl (C=O) groups excluding carboxylic acids is 1. The Morgan fingerprint density at radius 1 is 1.43 bits per heavy atom. The van der Waals surface area contributed by atoms with E-state index in [1.165, 1.54) is 0 Å². The maximum Gasteiger partial charge on any atom is 0.167 e. The van der Waals surface area contributed by atoms with Crippen LogP contribution in [0.4, 0.5) is 0 Å². The molecule has 1 N–H and O–H groups in total. The highest BCUT2D eigenvalue weighted by molar-refractivity contribution is 8.04. The Bertz CT molecular complexity index is 354. The Morgan fingerprint density at radius 3 is 2.86 bits per heavy atom. The predicted molar refractivity (Wildman–Crippen MR) is 60.0 cm³/mol. The number of hydrogen-bond donors (Lipinski definition) is 1. The Labute approximate surface area is 88.1 Å². The molecule has 3 heteroatoms. The SMILES string of the molecule is CC(=O)C1=C(C)N[C@H]2C=CC=C[C@@H]2S1. The van der Waals surface area contributed by atoms with Crippen LogP contribution in [0.3, 0.4) is 0 Å². The summed E-state index contributed by atoms with van der Waals surface area (Å²) >= 11 is 1.66. The van der Waals surface area contributed by atoms with Gasteiger partial charge in [0.05, 0.1) is 16.2 Å². The van der Waals surface area contributed by atoms with Crippen molar-refractivity contribution in [3.63, 3.8) is 0 Å². The molecule has 14 heavy (non-hydrogen) atoms. The summed E-state index contributed by atoms with van der Waals surface area (Å²) in [6.07, 6.45) is 8.35. The first kappa shape index (κ1) is 9.59.